The van der Waals surface area contributed by atoms with Crippen molar-refractivity contribution in [3.63, 3.8) is 0 Å². The molecule has 1 atom stereocenters. The topological polar surface area (TPSA) is 95.7 Å². The van der Waals surface area contributed by atoms with Crippen molar-refractivity contribution in [3.8, 4) is 0 Å². The van der Waals surface area contributed by atoms with E-state index in [1.165, 1.54) is 0 Å². The third-order valence-electron chi connectivity index (χ3n) is 7.51. The highest BCUT2D eigenvalue weighted by Crippen LogP contribution is 2.43. The van der Waals surface area contributed by atoms with Gasteiger partial charge in [0.15, 0.2) is 0 Å². The average molecular weight is 648 g/mol. The first-order valence-electron chi connectivity index (χ1n) is 14.1. The second-order valence-corrected chi connectivity index (χ2v) is 13.2. The van der Waals surface area contributed by atoms with Gasteiger partial charge in [0.05, 0.1) is 15.8 Å². The van der Waals surface area contributed by atoms with Crippen LogP contribution in [0.25, 0.3) is 10.1 Å². The van der Waals surface area contributed by atoms with Crippen LogP contribution in [0, 0.1) is 6.92 Å². The van der Waals surface area contributed by atoms with Crippen molar-refractivity contribution in [2.75, 3.05) is 16.3 Å². The number of rotatable bonds is 7. The lowest BCUT2D eigenvalue weighted by Gasteiger charge is -2.29. The van der Waals surface area contributed by atoms with Gasteiger partial charge in [-0.15, -0.1) is 11.3 Å². The zero-order valence-electron chi connectivity index (χ0n) is 24.2. The van der Waals surface area contributed by atoms with Gasteiger partial charge in [-0.2, -0.15) is 0 Å². The van der Waals surface area contributed by atoms with Gasteiger partial charge >= 0.3 is 0 Å². The SMILES string of the molecule is CCN(C(=O)c1cccc(N2C(=O)C(NC(=O)CC(C)(C)N)CCc3ccccc32)c1C)c1sc2ccccc2c1Br. The molecule has 3 N–H and O–H groups in total. The number of nitrogens with one attached hydrogen (secondary N) is 1. The number of nitrogens with zero attached hydrogens (tertiary/aromatic N) is 2. The quantitative estimate of drug-likeness (QED) is 0.229. The molecule has 2 heterocycles. The van der Waals surface area contributed by atoms with Gasteiger partial charge in [-0.25, -0.2) is 0 Å². The summed E-state index contributed by atoms with van der Waals surface area (Å²) in [5.74, 6) is -0.648. The number of hydrogen-bond acceptors (Lipinski definition) is 5. The van der Waals surface area contributed by atoms with Crippen LogP contribution in [0.3, 0.4) is 0 Å². The number of anilines is 3. The van der Waals surface area contributed by atoms with E-state index in [0.29, 0.717) is 36.2 Å². The standard InChI is InChI=1S/C33H35BrN4O3S/c1-5-37(32-29(34)23-12-7-9-16-27(23)42-32)30(40)22-13-10-15-25(20(22)2)38-26-14-8-6-11-21(26)17-18-24(31(38)41)36-28(39)19-33(3,4)35/h6-16,24H,5,17-19,35H2,1-4H3,(H,36,39). The molecule has 1 aliphatic rings. The van der Waals surface area contributed by atoms with Crippen LogP contribution in [-0.4, -0.2) is 35.8 Å². The lowest BCUT2D eigenvalue weighted by Crippen LogP contribution is -2.49. The number of amides is 3. The minimum atomic E-state index is -0.729. The van der Waals surface area contributed by atoms with Crippen molar-refractivity contribution >= 4 is 71.5 Å². The zero-order valence-corrected chi connectivity index (χ0v) is 26.6. The highest BCUT2D eigenvalue weighted by Gasteiger charge is 2.34. The maximum absolute atomic E-state index is 14.2. The Morgan fingerprint density at radius 3 is 2.48 bits per heavy atom. The molecule has 0 saturated heterocycles. The first-order valence-corrected chi connectivity index (χ1v) is 15.7. The molecule has 4 aromatic rings. The Labute approximate surface area is 258 Å². The predicted octanol–water partition coefficient (Wildman–Crippen LogP) is 6.86. The second kappa shape index (κ2) is 12.0. The molecule has 0 fully saturated rings. The fourth-order valence-corrected chi connectivity index (χ4v) is 7.57. The largest absolute Gasteiger partial charge is 0.344 e. The number of carbonyl (C=O) groups excluding carboxylic acids is 3. The fourth-order valence-electron chi connectivity index (χ4n) is 5.48. The lowest BCUT2D eigenvalue weighted by atomic mass is 10.0. The van der Waals surface area contributed by atoms with Crippen molar-refractivity contribution in [2.24, 2.45) is 5.73 Å². The molecular weight excluding hydrogens is 612 g/mol. The minimum absolute atomic E-state index is 0.104. The van der Waals surface area contributed by atoms with Crippen LogP contribution in [0.4, 0.5) is 16.4 Å². The molecule has 42 heavy (non-hydrogen) atoms. The van der Waals surface area contributed by atoms with E-state index in [1.807, 2.05) is 80.6 Å². The van der Waals surface area contributed by atoms with E-state index in [4.69, 9.17) is 5.73 Å². The van der Waals surface area contributed by atoms with Gasteiger partial charge in [-0.05, 0) is 91.9 Å². The number of carbonyl (C=O) groups is 3. The summed E-state index contributed by atoms with van der Waals surface area (Å²) in [6.45, 7) is 7.88. The predicted molar refractivity (Wildman–Crippen MR) is 175 cm³/mol. The van der Waals surface area contributed by atoms with E-state index in [9.17, 15) is 14.4 Å². The highest BCUT2D eigenvalue weighted by molar-refractivity contribution is 9.10. The number of para-hydroxylation sites is 1. The van der Waals surface area contributed by atoms with Crippen LogP contribution < -0.4 is 20.9 Å². The van der Waals surface area contributed by atoms with Crippen LogP contribution in [0.2, 0.25) is 0 Å². The molecule has 0 bridgehead atoms. The van der Waals surface area contributed by atoms with E-state index in [0.717, 1.165) is 30.8 Å². The summed E-state index contributed by atoms with van der Waals surface area (Å²) >= 11 is 5.30. The van der Waals surface area contributed by atoms with Crippen molar-refractivity contribution in [2.45, 2.75) is 58.5 Å². The molecule has 3 amide bonds. The van der Waals surface area contributed by atoms with Crippen molar-refractivity contribution in [1.29, 1.82) is 0 Å². The number of thiophene rings is 1. The van der Waals surface area contributed by atoms with Gasteiger partial charge in [0, 0.05) is 34.2 Å². The minimum Gasteiger partial charge on any atom is -0.344 e. The molecule has 5 rings (SSSR count). The summed E-state index contributed by atoms with van der Waals surface area (Å²) in [7, 11) is 0. The Balaban J connectivity index is 1.54. The summed E-state index contributed by atoms with van der Waals surface area (Å²) in [6, 6.07) is 20.6. The molecule has 0 spiro atoms. The van der Waals surface area contributed by atoms with E-state index in [2.05, 4.69) is 21.2 Å². The van der Waals surface area contributed by atoms with Crippen LogP contribution in [0.15, 0.2) is 71.2 Å². The van der Waals surface area contributed by atoms with Gasteiger partial charge in [0.25, 0.3) is 11.8 Å². The average Bonchev–Trinajstić information content (AvgIpc) is 3.20. The Kier molecular flexibility index (Phi) is 8.55. The summed E-state index contributed by atoms with van der Waals surface area (Å²) in [5, 5.41) is 4.84. The molecule has 3 aromatic carbocycles. The monoisotopic (exact) mass is 646 g/mol. The maximum atomic E-state index is 14.2. The first kappa shape index (κ1) is 29.9. The molecule has 0 radical (unpaired) electrons. The zero-order chi connectivity index (χ0) is 30.2. The Morgan fingerprint density at radius 1 is 1.07 bits per heavy atom. The Hall–Kier alpha value is -3.53. The molecule has 1 aromatic heterocycles. The normalized spacial score (nSPS) is 15.3. The lowest BCUT2D eigenvalue weighted by molar-refractivity contribution is -0.127. The van der Waals surface area contributed by atoms with Crippen LogP contribution in [0.5, 0.6) is 0 Å². The van der Waals surface area contributed by atoms with Crippen molar-refractivity contribution in [3.05, 3.63) is 87.9 Å². The van der Waals surface area contributed by atoms with Gasteiger partial charge in [-0.3, -0.25) is 24.2 Å². The number of hydrogen-bond donors (Lipinski definition) is 2. The van der Waals surface area contributed by atoms with Gasteiger partial charge in [-0.1, -0.05) is 42.5 Å². The Morgan fingerprint density at radius 2 is 1.76 bits per heavy atom. The summed E-state index contributed by atoms with van der Waals surface area (Å²) < 4.78 is 1.98. The molecular formula is C33H35BrN4O3S. The van der Waals surface area contributed by atoms with Gasteiger partial charge in [0.1, 0.15) is 11.0 Å². The van der Waals surface area contributed by atoms with Gasteiger partial charge < -0.3 is 11.1 Å². The van der Waals surface area contributed by atoms with E-state index in [-0.39, 0.29) is 24.1 Å². The van der Waals surface area contributed by atoms with E-state index < -0.39 is 11.6 Å². The van der Waals surface area contributed by atoms with Crippen LogP contribution in [0.1, 0.15) is 55.1 Å². The molecule has 7 nitrogen and oxygen atoms in total. The number of fused-ring (bicyclic) bond motifs is 2. The molecule has 1 unspecified atom stereocenters. The molecule has 218 valence electrons. The van der Waals surface area contributed by atoms with E-state index in [1.54, 1.807) is 35.0 Å². The highest BCUT2D eigenvalue weighted by atomic mass is 79.9. The molecule has 9 heteroatoms. The summed E-state index contributed by atoms with van der Waals surface area (Å²) in [5.41, 5.74) is 8.96. The number of nitrogens with two attached hydrogens (primary N) is 1. The maximum Gasteiger partial charge on any atom is 0.259 e. The fraction of sp³-hybridized carbons (Fsp3) is 0.303. The molecule has 0 aliphatic carbocycles. The first-order chi connectivity index (χ1) is 20.0. The summed E-state index contributed by atoms with van der Waals surface area (Å²) in [4.78, 5) is 44.6. The van der Waals surface area contributed by atoms with E-state index >= 15 is 0 Å². The Bertz CT molecular complexity index is 1680. The van der Waals surface area contributed by atoms with Crippen LogP contribution >= 0.6 is 27.3 Å². The number of halogens is 1. The third-order valence-corrected chi connectivity index (χ3v) is 9.76. The number of aryl methyl sites for hydroxylation is 1. The second-order valence-electron chi connectivity index (χ2n) is 11.3. The van der Waals surface area contributed by atoms with Crippen molar-refractivity contribution < 1.29 is 14.4 Å². The van der Waals surface area contributed by atoms with Crippen LogP contribution in [-0.2, 0) is 16.0 Å². The smallest absolute Gasteiger partial charge is 0.259 e. The van der Waals surface area contributed by atoms with Gasteiger partial charge in [0.2, 0.25) is 5.91 Å². The number of benzene rings is 3. The molecule has 0 saturated carbocycles. The molecule has 1 aliphatic heterocycles. The van der Waals surface area contributed by atoms with Crippen molar-refractivity contribution in [1.82, 2.24) is 5.32 Å². The third kappa shape index (κ3) is 5.86. The summed E-state index contributed by atoms with van der Waals surface area (Å²) in [6.07, 6.45) is 1.19.